The number of fused-ring (bicyclic) bond motifs is 1. The van der Waals surface area contributed by atoms with E-state index in [0.29, 0.717) is 5.92 Å². The van der Waals surface area contributed by atoms with Gasteiger partial charge in [-0.25, -0.2) is 0 Å². The van der Waals surface area contributed by atoms with E-state index in [1.54, 1.807) is 0 Å². The van der Waals surface area contributed by atoms with Crippen molar-refractivity contribution in [3.63, 3.8) is 0 Å². The third-order valence-electron chi connectivity index (χ3n) is 3.05. The molecule has 2 aromatic rings. The summed E-state index contributed by atoms with van der Waals surface area (Å²) in [5.41, 5.74) is 0. The first-order valence-corrected chi connectivity index (χ1v) is 5.73. The standard InChI is InChI=1S/C14H18NO/c1-11(2)14(10-16)15-8-7-12-5-3-4-6-13(12)9-15/h3-9,11,14,16H,10H2,1-2H3/q+1. The van der Waals surface area contributed by atoms with Crippen molar-refractivity contribution in [1.82, 2.24) is 0 Å². The molecular formula is C14H18NO+. The molecule has 0 aliphatic heterocycles. The Kier molecular flexibility index (Phi) is 3.20. The van der Waals surface area contributed by atoms with Crippen molar-refractivity contribution in [2.75, 3.05) is 6.61 Å². The van der Waals surface area contributed by atoms with Gasteiger partial charge >= 0.3 is 0 Å². The lowest BCUT2D eigenvalue weighted by molar-refractivity contribution is -0.729. The molecule has 0 radical (unpaired) electrons. The molecule has 0 saturated heterocycles. The van der Waals surface area contributed by atoms with E-state index in [0.717, 1.165) is 0 Å². The summed E-state index contributed by atoms with van der Waals surface area (Å²) in [6, 6.07) is 10.5. The smallest absolute Gasteiger partial charge is 0.183 e. The van der Waals surface area contributed by atoms with E-state index in [1.165, 1.54) is 10.8 Å². The van der Waals surface area contributed by atoms with Gasteiger partial charge in [0.15, 0.2) is 18.4 Å². The van der Waals surface area contributed by atoms with Crippen LogP contribution in [-0.4, -0.2) is 11.7 Å². The molecule has 0 aliphatic carbocycles. The molecule has 1 aromatic heterocycles. The fraction of sp³-hybridized carbons (Fsp3) is 0.357. The number of aliphatic hydroxyl groups is 1. The first-order valence-electron chi connectivity index (χ1n) is 5.73. The summed E-state index contributed by atoms with van der Waals surface area (Å²) in [6.45, 7) is 4.44. The number of pyridine rings is 1. The number of aromatic nitrogens is 1. The molecule has 84 valence electrons. The van der Waals surface area contributed by atoms with Crippen LogP contribution in [0.15, 0.2) is 42.7 Å². The van der Waals surface area contributed by atoms with Crippen molar-refractivity contribution in [2.45, 2.75) is 19.9 Å². The normalized spacial score (nSPS) is 13.2. The minimum atomic E-state index is 0.157. The molecule has 0 amide bonds. The maximum Gasteiger partial charge on any atom is 0.183 e. The number of benzene rings is 1. The van der Waals surface area contributed by atoms with E-state index in [9.17, 15) is 5.11 Å². The van der Waals surface area contributed by atoms with E-state index < -0.39 is 0 Å². The van der Waals surface area contributed by atoms with Crippen LogP contribution in [0.25, 0.3) is 10.8 Å². The monoisotopic (exact) mass is 216 g/mol. The first kappa shape index (κ1) is 11.1. The molecule has 1 unspecified atom stereocenters. The predicted octanol–water partition coefficient (Wildman–Crippen LogP) is 2.32. The Morgan fingerprint density at radius 2 is 1.81 bits per heavy atom. The summed E-state index contributed by atoms with van der Waals surface area (Å²) in [6.07, 6.45) is 4.15. The Hall–Kier alpha value is -1.41. The van der Waals surface area contributed by atoms with Crippen molar-refractivity contribution in [3.05, 3.63) is 42.7 Å². The maximum atomic E-state index is 9.40. The Morgan fingerprint density at radius 3 is 2.44 bits per heavy atom. The lowest BCUT2D eigenvalue weighted by Crippen LogP contribution is -2.43. The minimum Gasteiger partial charge on any atom is -0.389 e. The Morgan fingerprint density at radius 1 is 1.12 bits per heavy atom. The van der Waals surface area contributed by atoms with Gasteiger partial charge in [-0.05, 0) is 11.5 Å². The van der Waals surface area contributed by atoms with Gasteiger partial charge in [-0.15, -0.1) is 0 Å². The average molecular weight is 216 g/mol. The van der Waals surface area contributed by atoms with Gasteiger partial charge < -0.3 is 5.11 Å². The third kappa shape index (κ3) is 2.07. The third-order valence-corrected chi connectivity index (χ3v) is 3.05. The topological polar surface area (TPSA) is 24.1 Å². The largest absolute Gasteiger partial charge is 0.389 e. The van der Waals surface area contributed by atoms with Crippen LogP contribution in [0, 0.1) is 5.92 Å². The zero-order valence-electron chi connectivity index (χ0n) is 9.80. The second kappa shape index (κ2) is 4.62. The van der Waals surface area contributed by atoms with Crippen molar-refractivity contribution in [3.8, 4) is 0 Å². The first-order chi connectivity index (χ1) is 7.72. The van der Waals surface area contributed by atoms with E-state index in [2.05, 4.69) is 42.8 Å². The van der Waals surface area contributed by atoms with Crippen LogP contribution in [0.3, 0.4) is 0 Å². The van der Waals surface area contributed by atoms with Crippen molar-refractivity contribution < 1.29 is 9.67 Å². The molecule has 1 heterocycles. The zero-order chi connectivity index (χ0) is 11.5. The fourth-order valence-corrected chi connectivity index (χ4v) is 2.01. The van der Waals surface area contributed by atoms with Gasteiger partial charge in [-0.2, -0.15) is 4.57 Å². The zero-order valence-corrected chi connectivity index (χ0v) is 9.80. The molecule has 0 aliphatic rings. The van der Waals surface area contributed by atoms with Crippen LogP contribution in [0.2, 0.25) is 0 Å². The van der Waals surface area contributed by atoms with Crippen molar-refractivity contribution in [2.24, 2.45) is 5.92 Å². The lowest BCUT2D eigenvalue weighted by atomic mass is 10.0. The van der Waals surface area contributed by atoms with Gasteiger partial charge in [-0.1, -0.05) is 32.0 Å². The number of nitrogens with zero attached hydrogens (tertiary/aromatic N) is 1. The highest BCUT2D eigenvalue weighted by Crippen LogP contribution is 2.14. The van der Waals surface area contributed by atoms with Crippen LogP contribution < -0.4 is 4.57 Å². The van der Waals surface area contributed by atoms with E-state index in [1.807, 2.05) is 18.3 Å². The van der Waals surface area contributed by atoms with Crippen LogP contribution in [-0.2, 0) is 0 Å². The number of rotatable bonds is 3. The van der Waals surface area contributed by atoms with Crippen LogP contribution >= 0.6 is 0 Å². The summed E-state index contributed by atoms with van der Waals surface area (Å²) >= 11 is 0. The number of hydrogen-bond donors (Lipinski definition) is 1. The van der Waals surface area contributed by atoms with Gasteiger partial charge in [0.05, 0.1) is 0 Å². The van der Waals surface area contributed by atoms with Gasteiger partial charge in [0.2, 0.25) is 0 Å². The molecule has 1 atom stereocenters. The van der Waals surface area contributed by atoms with E-state index in [4.69, 9.17) is 0 Å². The molecule has 2 heteroatoms. The average Bonchev–Trinajstić information content (AvgIpc) is 2.29. The van der Waals surface area contributed by atoms with E-state index >= 15 is 0 Å². The molecular weight excluding hydrogens is 198 g/mol. The van der Waals surface area contributed by atoms with Gasteiger partial charge in [0.1, 0.15) is 6.61 Å². The Labute approximate surface area is 96.2 Å². The predicted molar refractivity (Wildman–Crippen MR) is 65.1 cm³/mol. The molecule has 16 heavy (non-hydrogen) atoms. The number of aliphatic hydroxyl groups excluding tert-OH is 1. The highest BCUT2D eigenvalue weighted by atomic mass is 16.3. The second-order valence-corrected chi connectivity index (χ2v) is 4.51. The molecule has 0 saturated carbocycles. The van der Waals surface area contributed by atoms with Gasteiger partial charge in [-0.3, -0.25) is 0 Å². The maximum absolute atomic E-state index is 9.40. The summed E-state index contributed by atoms with van der Waals surface area (Å²) in [5, 5.41) is 11.8. The highest BCUT2D eigenvalue weighted by Gasteiger charge is 2.21. The summed E-state index contributed by atoms with van der Waals surface area (Å²) in [4.78, 5) is 0. The highest BCUT2D eigenvalue weighted by molar-refractivity contribution is 5.80. The molecule has 1 N–H and O–H groups in total. The van der Waals surface area contributed by atoms with Crippen LogP contribution in [0.1, 0.15) is 19.9 Å². The summed E-state index contributed by atoms with van der Waals surface area (Å²) in [5.74, 6) is 0.427. The molecule has 0 bridgehead atoms. The fourth-order valence-electron chi connectivity index (χ4n) is 2.01. The van der Waals surface area contributed by atoms with Gasteiger partial charge in [0.25, 0.3) is 0 Å². The lowest BCUT2D eigenvalue weighted by Gasteiger charge is -2.13. The quantitative estimate of drug-likeness (QED) is 0.782. The molecule has 2 rings (SSSR count). The second-order valence-electron chi connectivity index (χ2n) is 4.51. The van der Waals surface area contributed by atoms with Crippen LogP contribution in [0.5, 0.6) is 0 Å². The molecule has 2 nitrogen and oxygen atoms in total. The SMILES string of the molecule is CC(C)C(CO)[n+]1ccc2ccccc2c1. The minimum absolute atomic E-state index is 0.157. The van der Waals surface area contributed by atoms with E-state index in [-0.39, 0.29) is 12.6 Å². The van der Waals surface area contributed by atoms with Crippen molar-refractivity contribution >= 4 is 10.8 Å². The number of hydrogen-bond acceptors (Lipinski definition) is 1. The van der Waals surface area contributed by atoms with Gasteiger partial charge in [0, 0.05) is 17.4 Å². The van der Waals surface area contributed by atoms with Crippen molar-refractivity contribution in [1.29, 1.82) is 0 Å². The summed E-state index contributed by atoms with van der Waals surface area (Å²) in [7, 11) is 0. The Balaban J connectivity index is 2.45. The Bertz CT molecular complexity index is 479. The molecule has 1 aromatic carbocycles. The molecule has 0 spiro atoms. The molecule has 0 fully saturated rings. The summed E-state index contributed by atoms with van der Waals surface area (Å²) < 4.78 is 2.10. The van der Waals surface area contributed by atoms with Crippen LogP contribution in [0.4, 0.5) is 0 Å².